The van der Waals surface area contributed by atoms with Gasteiger partial charge in [0.05, 0.1) is 0 Å². The first-order valence-electron chi connectivity index (χ1n) is 9.53. The third-order valence-corrected chi connectivity index (χ3v) is 6.16. The van der Waals surface area contributed by atoms with Crippen molar-refractivity contribution in [3.05, 3.63) is 68.6 Å². The fourth-order valence-electron chi connectivity index (χ4n) is 3.32. The van der Waals surface area contributed by atoms with E-state index in [0.717, 1.165) is 59.3 Å². The number of carbonyl (C=O) groups excluding carboxylic acids is 2. The van der Waals surface area contributed by atoms with E-state index in [2.05, 4.69) is 41.7 Å². The Balaban J connectivity index is 0.00000225. The van der Waals surface area contributed by atoms with E-state index in [0.29, 0.717) is 12.8 Å². The maximum Gasteiger partial charge on any atom is 0.164 e. The van der Waals surface area contributed by atoms with E-state index in [1.165, 1.54) is 0 Å². The van der Waals surface area contributed by atoms with Crippen molar-refractivity contribution < 1.29 is 9.59 Å². The van der Waals surface area contributed by atoms with Gasteiger partial charge in [-0.3, -0.25) is 9.59 Å². The summed E-state index contributed by atoms with van der Waals surface area (Å²) < 4.78 is 1.97. The maximum atomic E-state index is 12.3. The minimum atomic E-state index is 0. The second-order valence-electron chi connectivity index (χ2n) is 7.04. The molecule has 0 atom stereocenters. The van der Waals surface area contributed by atoms with Crippen LogP contribution in [0.4, 0.5) is 0 Å². The highest BCUT2D eigenvalue weighted by atomic mass is 79.9. The standard InChI is InChI=1S/C22H24Br2N2O2.2ClH/c23-19-5-1-17(2-6-19)21(27)9-11-25-13-15-26(16-14-25)12-10-22(28)18-3-7-20(24)8-4-18;;/h1-8H,9-16H2;2*1H. The van der Waals surface area contributed by atoms with Crippen molar-refractivity contribution >= 4 is 68.2 Å². The van der Waals surface area contributed by atoms with Crippen LogP contribution < -0.4 is 0 Å². The lowest BCUT2D eigenvalue weighted by Crippen LogP contribution is -2.47. The Hall–Kier alpha value is -0.760. The molecule has 0 spiro atoms. The Bertz CT molecular complexity index is 739. The number of rotatable bonds is 8. The second-order valence-corrected chi connectivity index (χ2v) is 8.87. The first-order valence-corrected chi connectivity index (χ1v) is 11.1. The van der Waals surface area contributed by atoms with Crippen molar-refractivity contribution in [2.24, 2.45) is 0 Å². The fourth-order valence-corrected chi connectivity index (χ4v) is 3.84. The number of hydrogen-bond donors (Lipinski definition) is 0. The number of nitrogens with zero attached hydrogens (tertiary/aromatic N) is 2. The molecule has 0 aromatic heterocycles. The number of piperazine rings is 1. The van der Waals surface area contributed by atoms with Crippen LogP contribution in [0.2, 0.25) is 0 Å². The lowest BCUT2D eigenvalue weighted by atomic mass is 10.1. The Labute approximate surface area is 207 Å². The number of Topliss-reactive ketones (excluding diaryl/α,β-unsaturated/α-hetero) is 2. The minimum Gasteiger partial charge on any atom is -0.300 e. The van der Waals surface area contributed by atoms with Gasteiger partial charge >= 0.3 is 0 Å². The highest BCUT2D eigenvalue weighted by Gasteiger charge is 2.18. The summed E-state index contributed by atoms with van der Waals surface area (Å²) in [5.41, 5.74) is 1.54. The van der Waals surface area contributed by atoms with Gasteiger partial charge in [0.25, 0.3) is 0 Å². The van der Waals surface area contributed by atoms with Crippen molar-refractivity contribution in [1.29, 1.82) is 0 Å². The quantitative estimate of drug-likeness (QED) is 0.386. The summed E-state index contributed by atoms with van der Waals surface area (Å²) in [6, 6.07) is 15.1. The molecule has 1 aliphatic heterocycles. The van der Waals surface area contributed by atoms with E-state index >= 15 is 0 Å². The van der Waals surface area contributed by atoms with Gasteiger partial charge in [0.15, 0.2) is 11.6 Å². The van der Waals surface area contributed by atoms with Crippen LogP contribution in [0.1, 0.15) is 33.6 Å². The number of benzene rings is 2. The van der Waals surface area contributed by atoms with Crippen LogP contribution in [0, 0.1) is 0 Å². The largest absolute Gasteiger partial charge is 0.300 e. The molecule has 164 valence electrons. The van der Waals surface area contributed by atoms with Crippen LogP contribution >= 0.6 is 56.7 Å². The summed E-state index contributed by atoms with van der Waals surface area (Å²) in [5.74, 6) is 0.380. The van der Waals surface area contributed by atoms with Crippen LogP contribution in [0.3, 0.4) is 0 Å². The molecule has 1 fully saturated rings. The third-order valence-electron chi connectivity index (χ3n) is 5.11. The van der Waals surface area contributed by atoms with E-state index in [9.17, 15) is 9.59 Å². The molecule has 0 amide bonds. The average Bonchev–Trinajstić information content (AvgIpc) is 2.72. The highest BCUT2D eigenvalue weighted by molar-refractivity contribution is 9.10. The molecule has 0 saturated carbocycles. The summed E-state index contributed by atoms with van der Waals surface area (Å²) in [5, 5.41) is 0. The molecule has 1 saturated heterocycles. The Kier molecular flexibility index (Phi) is 12.4. The topological polar surface area (TPSA) is 40.6 Å². The summed E-state index contributed by atoms with van der Waals surface area (Å²) in [6.07, 6.45) is 1.09. The van der Waals surface area contributed by atoms with Crippen molar-refractivity contribution in [2.45, 2.75) is 12.8 Å². The monoisotopic (exact) mass is 578 g/mol. The van der Waals surface area contributed by atoms with Gasteiger partial charge in [0.2, 0.25) is 0 Å². The first kappa shape index (κ1) is 27.3. The average molecular weight is 581 g/mol. The smallest absolute Gasteiger partial charge is 0.164 e. The van der Waals surface area contributed by atoms with Crippen LogP contribution in [0.25, 0.3) is 0 Å². The molecule has 8 heteroatoms. The highest BCUT2D eigenvalue weighted by Crippen LogP contribution is 2.14. The van der Waals surface area contributed by atoms with Gasteiger partial charge in [-0.25, -0.2) is 0 Å². The number of ketones is 2. The van der Waals surface area contributed by atoms with Gasteiger partial charge < -0.3 is 9.80 Å². The summed E-state index contributed by atoms with van der Waals surface area (Å²) in [6.45, 7) is 5.36. The molecule has 30 heavy (non-hydrogen) atoms. The van der Waals surface area contributed by atoms with E-state index < -0.39 is 0 Å². The molecule has 2 aromatic carbocycles. The van der Waals surface area contributed by atoms with E-state index in [1.807, 2.05) is 48.5 Å². The van der Waals surface area contributed by atoms with Crippen molar-refractivity contribution in [1.82, 2.24) is 9.80 Å². The molecule has 0 N–H and O–H groups in total. The Morgan fingerprint density at radius 3 is 1.23 bits per heavy atom. The zero-order valence-corrected chi connectivity index (χ0v) is 21.4. The number of hydrogen-bond acceptors (Lipinski definition) is 4. The zero-order chi connectivity index (χ0) is 19.9. The fraction of sp³-hybridized carbons (Fsp3) is 0.364. The van der Waals surface area contributed by atoms with Crippen molar-refractivity contribution in [3.63, 3.8) is 0 Å². The van der Waals surface area contributed by atoms with Gasteiger partial charge in [-0.1, -0.05) is 56.1 Å². The Morgan fingerprint density at radius 2 is 0.933 bits per heavy atom. The van der Waals surface area contributed by atoms with E-state index in [1.54, 1.807) is 0 Å². The summed E-state index contributed by atoms with van der Waals surface area (Å²) in [4.78, 5) is 29.3. The van der Waals surface area contributed by atoms with E-state index in [-0.39, 0.29) is 36.4 Å². The number of carbonyl (C=O) groups is 2. The Morgan fingerprint density at radius 1 is 0.633 bits per heavy atom. The van der Waals surface area contributed by atoms with Gasteiger partial charge in [-0.15, -0.1) is 24.8 Å². The zero-order valence-electron chi connectivity index (χ0n) is 16.6. The molecule has 1 aliphatic rings. The molecule has 0 unspecified atom stereocenters. The van der Waals surface area contributed by atoms with Crippen molar-refractivity contribution in [3.8, 4) is 0 Å². The van der Waals surface area contributed by atoms with E-state index in [4.69, 9.17) is 0 Å². The van der Waals surface area contributed by atoms with Gasteiger partial charge in [0, 0.05) is 72.2 Å². The SMILES string of the molecule is Cl.Cl.O=C(CCN1CCN(CCC(=O)c2ccc(Br)cc2)CC1)c1ccc(Br)cc1. The lowest BCUT2D eigenvalue weighted by molar-refractivity contribution is 0.0885. The summed E-state index contributed by atoms with van der Waals surface area (Å²) in [7, 11) is 0. The first-order chi connectivity index (χ1) is 13.5. The van der Waals surface area contributed by atoms with Gasteiger partial charge in [0.1, 0.15) is 0 Å². The predicted octanol–water partition coefficient (Wildman–Crippen LogP) is 5.52. The minimum absolute atomic E-state index is 0. The third kappa shape index (κ3) is 8.40. The molecule has 3 rings (SSSR count). The van der Waals surface area contributed by atoms with Crippen LogP contribution in [-0.4, -0.2) is 60.6 Å². The molecule has 1 heterocycles. The van der Waals surface area contributed by atoms with Crippen LogP contribution in [-0.2, 0) is 0 Å². The van der Waals surface area contributed by atoms with Crippen LogP contribution in [0.15, 0.2) is 57.5 Å². The lowest BCUT2D eigenvalue weighted by Gasteiger charge is -2.34. The molecule has 2 aromatic rings. The van der Waals surface area contributed by atoms with Gasteiger partial charge in [-0.2, -0.15) is 0 Å². The molecular formula is C22H26Br2Cl2N2O2. The van der Waals surface area contributed by atoms with Crippen molar-refractivity contribution in [2.75, 3.05) is 39.3 Å². The molecule has 0 bridgehead atoms. The second kappa shape index (κ2) is 13.6. The molecule has 0 radical (unpaired) electrons. The predicted molar refractivity (Wildman–Crippen MR) is 134 cm³/mol. The van der Waals surface area contributed by atoms with Gasteiger partial charge in [-0.05, 0) is 24.3 Å². The van der Waals surface area contributed by atoms with Crippen LogP contribution in [0.5, 0.6) is 0 Å². The maximum absolute atomic E-state index is 12.3. The normalized spacial score (nSPS) is 14.5. The molecular weight excluding hydrogens is 555 g/mol. The number of halogens is 4. The molecule has 4 nitrogen and oxygen atoms in total. The molecule has 0 aliphatic carbocycles. The summed E-state index contributed by atoms with van der Waals surface area (Å²) >= 11 is 6.78.